The lowest BCUT2D eigenvalue weighted by Crippen LogP contribution is -2.28. The summed E-state index contributed by atoms with van der Waals surface area (Å²) in [5.41, 5.74) is 0. The van der Waals surface area contributed by atoms with Crippen molar-refractivity contribution in [1.82, 2.24) is 9.62 Å². The molecule has 0 amide bonds. The zero-order chi connectivity index (χ0) is 13.3. The fraction of sp³-hybridized carbons (Fsp3) is 0.636. The lowest BCUT2D eigenvalue weighted by atomic mass is 10.4. The second-order valence-corrected chi connectivity index (χ2v) is 9.08. The van der Waals surface area contributed by atoms with Crippen LogP contribution < -0.4 is 5.32 Å². The lowest BCUT2D eigenvalue weighted by Gasteiger charge is -2.16. The lowest BCUT2D eigenvalue weighted by molar-refractivity contribution is 0.453. The van der Waals surface area contributed by atoms with Crippen LogP contribution in [0.1, 0.15) is 17.7 Å². The van der Waals surface area contributed by atoms with Crippen LogP contribution in [-0.2, 0) is 16.6 Å². The number of halogens is 1. The maximum atomic E-state index is 12.4. The minimum Gasteiger partial charge on any atom is -0.315 e. The monoisotopic (exact) mass is 352 g/mol. The fourth-order valence-electron chi connectivity index (χ4n) is 1.77. The van der Waals surface area contributed by atoms with Gasteiger partial charge in [0.15, 0.2) is 0 Å². The number of rotatable bonds is 6. The molecule has 1 fully saturated rings. The van der Waals surface area contributed by atoms with Crippen molar-refractivity contribution in [2.24, 2.45) is 5.92 Å². The van der Waals surface area contributed by atoms with E-state index < -0.39 is 10.0 Å². The van der Waals surface area contributed by atoms with Gasteiger partial charge in [-0.3, -0.25) is 0 Å². The molecular weight excluding hydrogens is 336 g/mol. The molecule has 2 rings (SSSR count). The van der Waals surface area contributed by atoms with E-state index in [2.05, 4.69) is 21.2 Å². The molecule has 0 aromatic carbocycles. The molecule has 1 N–H and O–H groups in total. The molecule has 0 bridgehead atoms. The van der Waals surface area contributed by atoms with E-state index in [4.69, 9.17) is 0 Å². The average molecular weight is 353 g/mol. The van der Waals surface area contributed by atoms with Gasteiger partial charge in [0.05, 0.1) is 3.79 Å². The molecule has 18 heavy (non-hydrogen) atoms. The van der Waals surface area contributed by atoms with Gasteiger partial charge >= 0.3 is 0 Å². The largest absolute Gasteiger partial charge is 0.315 e. The normalized spacial score (nSPS) is 16.4. The van der Waals surface area contributed by atoms with E-state index in [0.717, 1.165) is 17.7 Å². The summed E-state index contributed by atoms with van der Waals surface area (Å²) in [6.07, 6.45) is 2.30. The van der Waals surface area contributed by atoms with Gasteiger partial charge in [-0.2, -0.15) is 0 Å². The van der Waals surface area contributed by atoms with Crippen LogP contribution >= 0.6 is 27.3 Å². The molecule has 0 radical (unpaired) electrons. The van der Waals surface area contributed by atoms with Crippen molar-refractivity contribution in [1.29, 1.82) is 0 Å². The molecule has 7 heteroatoms. The van der Waals surface area contributed by atoms with Gasteiger partial charge in [0.1, 0.15) is 4.90 Å². The zero-order valence-electron chi connectivity index (χ0n) is 10.4. The first kappa shape index (κ1) is 14.5. The summed E-state index contributed by atoms with van der Waals surface area (Å²) >= 11 is 4.82. The Bertz CT molecular complexity index is 523. The van der Waals surface area contributed by atoms with E-state index in [9.17, 15) is 8.42 Å². The molecule has 4 nitrogen and oxygen atoms in total. The van der Waals surface area contributed by atoms with Gasteiger partial charge in [-0.25, -0.2) is 12.7 Å². The molecule has 1 aromatic heterocycles. The van der Waals surface area contributed by atoms with Crippen molar-refractivity contribution in [3.05, 3.63) is 14.7 Å². The van der Waals surface area contributed by atoms with Gasteiger partial charge in [0.25, 0.3) is 0 Å². The number of nitrogens with one attached hydrogen (secondary N) is 1. The molecule has 1 aliphatic rings. The van der Waals surface area contributed by atoms with Gasteiger partial charge in [0, 0.05) is 25.0 Å². The zero-order valence-corrected chi connectivity index (χ0v) is 13.7. The summed E-state index contributed by atoms with van der Waals surface area (Å²) < 4.78 is 27.0. The molecule has 1 heterocycles. The predicted octanol–water partition coefficient (Wildman–Crippen LogP) is 2.26. The third-order valence-electron chi connectivity index (χ3n) is 2.96. The SMILES string of the molecule is CNCc1cc(S(=O)(=O)N(C)CC2CC2)c(Br)s1. The summed E-state index contributed by atoms with van der Waals surface area (Å²) in [7, 11) is 0.157. The molecule has 1 aliphatic carbocycles. The van der Waals surface area contributed by atoms with E-state index in [0.29, 0.717) is 27.7 Å². The molecular formula is C11H17BrN2O2S2. The van der Waals surface area contributed by atoms with E-state index in [1.54, 1.807) is 13.1 Å². The minimum atomic E-state index is -3.35. The molecule has 0 unspecified atom stereocenters. The fourth-order valence-corrected chi connectivity index (χ4v) is 5.65. The molecule has 102 valence electrons. The first-order valence-corrected chi connectivity index (χ1v) is 8.89. The second kappa shape index (κ2) is 5.58. The number of thiophene rings is 1. The number of nitrogens with zero attached hydrogens (tertiary/aromatic N) is 1. The van der Waals surface area contributed by atoms with Crippen molar-refractivity contribution in [3.63, 3.8) is 0 Å². The highest BCUT2D eigenvalue weighted by Gasteiger charge is 2.31. The van der Waals surface area contributed by atoms with E-state index >= 15 is 0 Å². The Morgan fingerprint density at radius 3 is 2.78 bits per heavy atom. The van der Waals surface area contributed by atoms with E-state index in [1.807, 2.05) is 7.05 Å². The van der Waals surface area contributed by atoms with Gasteiger partial charge in [-0.15, -0.1) is 11.3 Å². The highest BCUT2D eigenvalue weighted by Crippen LogP contribution is 2.35. The maximum Gasteiger partial charge on any atom is 0.244 e. The Labute approximate surface area is 121 Å². The Hall–Kier alpha value is 0.0500. The summed E-state index contributed by atoms with van der Waals surface area (Å²) in [4.78, 5) is 1.41. The Morgan fingerprint density at radius 1 is 1.56 bits per heavy atom. The number of hydrogen-bond acceptors (Lipinski definition) is 4. The average Bonchev–Trinajstić information content (AvgIpc) is 3.02. The number of sulfonamides is 1. The Morgan fingerprint density at radius 2 is 2.22 bits per heavy atom. The van der Waals surface area contributed by atoms with Crippen LogP contribution in [0, 0.1) is 5.92 Å². The van der Waals surface area contributed by atoms with Crippen molar-refractivity contribution < 1.29 is 8.42 Å². The summed E-state index contributed by atoms with van der Waals surface area (Å²) in [6, 6.07) is 1.75. The summed E-state index contributed by atoms with van der Waals surface area (Å²) in [5, 5.41) is 3.03. The molecule has 0 atom stereocenters. The van der Waals surface area contributed by atoms with Gasteiger partial charge < -0.3 is 5.32 Å². The standard InChI is InChI=1S/C11H17BrN2O2S2/c1-13-6-9-5-10(11(12)17-9)18(15,16)14(2)7-8-3-4-8/h5,8,13H,3-4,6-7H2,1-2H3. The summed E-state index contributed by atoms with van der Waals surface area (Å²) in [5.74, 6) is 0.555. The smallest absolute Gasteiger partial charge is 0.244 e. The van der Waals surface area contributed by atoms with E-state index in [1.165, 1.54) is 15.6 Å². The first-order valence-electron chi connectivity index (χ1n) is 5.84. The quantitative estimate of drug-likeness (QED) is 0.854. The molecule has 1 aromatic rings. The van der Waals surface area contributed by atoms with Crippen LogP contribution in [0.4, 0.5) is 0 Å². The van der Waals surface area contributed by atoms with Gasteiger partial charge in [-0.05, 0) is 47.8 Å². The third-order valence-corrected chi connectivity index (χ3v) is 7.03. The molecule has 1 saturated carbocycles. The van der Waals surface area contributed by atoms with Gasteiger partial charge in [-0.1, -0.05) is 0 Å². The van der Waals surface area contributed by atoms with Crippen LogP contribution in [0.2, 0.25) is 0 Å². The minimum absolute atomic E-state index is 0.390. The third kappa shape index (κ3) is 3.14. The Balaban J connectivity index is 2.22. The topological polar surface area (TPSA) is 49.4 Å². The van der Waals surface area contributed by atoms with Crippen LogP contribution in [0.15, 0.2) is 14.7 Å². The Kier molecular flexibility index (Phi) is 4.48. The van der Waals surface area contributed by atoms with Crippen LogP contribution in [0.3, 0.4) is 0 Å². The van der Waals surface area contributed by atoms with Crippen LogP contribution in [0.5, 0.6) is 0 Å². The van der Waals surface area contributed by atoms with Crippen LogP contribution in [-0.4, -0.2) is 33.4 Å². The van der Waals surface area contributed by atoms with Crippen molar-refractivity contribution in [2.75, 3.05) is 20.6 Å². The van der Waals surface area contributed by atoms with Crippen molar-refractivity contribution in [3.8, 4) is 0 Å². The second-order valence-electron chi connectivity index (χ2n) is 4.61. The van der Waals surface area contributed by atoms with Crippen molar-refractivity contribution >= 4 is 37.3 Å². The number of hydrogen-bond donors (Lipinski definition) is 1. The van der Waals surface area contributed by atoms with Crippen molar-refractivity contribution in [2.45, 2.75) is 24.3 Å². The highest BCUT2D eigenvalue weighted by atomic mass is 79.9. The molecule has 0 saturated heterocycles. The van der Waals surface area contributed by atoms with Gasteiger partial charge in [0.2, 0.25) is 10.0 Å². The first-order chi connectivity index (χ1) is 8.45. The van der Waals surface area contributed by atoms with Crippen LogP contribution in [0.25, 0.3) is 0 Å². The highest BCUT2D eigenvalue weighted by molar-refractivity contribution is 9.11. The van der Waals surface area contributed by atoms with E-state index in [-0.39, 0.29) is 0 Å². The molecule has 0 spiro atoms. The molecule has 0 aliphatic heterocycles. The predicted molar refractivity (Wildman–Crippen MR) is 77.3 cm³/mol. The summed E-state index contributed by atoms with van der Waals surface area (Å²) in [6.45, 7) is 1.32. The maximum absolute atomic E-state index is 12.4.